The van der Waals surface area contributed by atoms with Gasteiger partial charge in [-0.05, 0) is 97.4 Å². The molecule has 12 fully saturated rings. The van der Waals surface area contributed by atoms with Crippen molar-refractivity contribution < 1.29 is 66.3 Å². The van der Waals surface area contributed by atoms with Crippen molar-refractivity contribution in [1.82, 2.24) is 0 Å². The van der Waals surface area contributed by atoms with Crippen molar-refractivity contribution in [2.75, 3.05) is 20.0 Å². The van der Waals surface area contributed by atoms with Crippen LogP contribution in [0.25, 0.3) is 62.7 Å². The minimum atomic E-state index is -1.38. The monoisotopic (exact) mass is 1130 g/mol. The molecule has 6 heterocycles. The van der Waals surface area contributed by atoms with Gasteiger partial charge in [-0.25, -0.2) is 0 Å². The quantitative estimate of drug-likeness (QED) is 0.0676. The summed E-state index contributed by atoms with van der Waals surface area (Å²) in [5.41, 5.74) is 59.9. The average Bonchev–Trinajstić information content (AvgIpc) is 4.13. The lowest BCUT2D eigenvalue weighted by Crippen LogP contribution is -2.68. The predicted molar refractivity (Wildman–Crippen MR) is 273 cm³/mol. The SMILES string of the molecule is [N-]=[N+]=NC1C[C@@H](N=[N+]=[N-])[C@H]2OC3(CCCCC3)OC2[C@@H]1O[C@H]1OC2COC3(CCCCC3)O[C@H]2[C@H](OCOC2[C@@H]3OC4(CCCCC4)OCC3O[C@H](O[C@@H]3C(N=[N+]=[N-])C[C@@H](N=[N+]=[N-])C4OC5(CCCCC5)O[C@H]43)[C@H]2N=[N+]=[N-])C1N=[N+]=[N-]. The van der Waals surface area contributed by atoms with Crippen molar-refractivity contribution in [3.63, 3.8) is 0 Å². The number of fused-ring (bicyclic) bond motifs is 4. The van der Waals surface area contributed by atoms with E-state index in [1.54, 1.807) is 0 Å². The fraction of sp³-hybridized carbons (Fsp3) is 1.00. The maximum Gasteiger partial charge on any atom is 0.169 e. The Bertz CT molecular complexity index is 2380. The molecule has 6 aliphatic heterocycles. The molecule has 0 radical (unpaired) electrons. The molecule has 0 amide bonds. The molecule has 6 saturated heterocycles. The van der Waals surface area contributed by atoms with Crippen LogP contribution < -0.4 is 0 Å². The fourth-order valence-electron chi connectivity index (χ4n) is 15.1. The highest BCUT2D eigenvalue weighted by molar-refractivity contribution is 5.11. The van der Waals surface area contributed by atoms with Crippen LogP contribution in [0.1, 0.15) is 141 Å². The molecular formula is C49H70N18O14. The number of rotatable bonds is 14. The molecule has 0 aromatic carbocycles. The van der Waals surface area contributed by atoms with E-state index in [9.17, 15) is 33.2 Å². The predicted octanol–water partition coefficient (Wildman–Crippen LogP) is 9.86. The third kappa shape index (κ3) is 11.3. The van der Waals surface area contributed by atoms with E-state index in [1.165, 1.54) is 0 Å². The summed E-state index contributed by atoms with van der Waals surface area (Å²) in [5.74, 6) is -3.90. The van der Waals surface area contributed by atoms with Crippen LogP contribution in [-0.4, -0.2) is 165 Å². The number of nitrogens with zero attached hydrogens (tertiary/aromatic N) is 18. The highest BCUT2D eigenvalue weighted by Crippen LogP contribution is 2.51. The summed E-state index contributed by atoms with van der Waals surface area (Å²) >= 11 is 0. The van der Waals surface area contributed by atoms with Gasteiger partial charge in [0.05, 0.1) is 61.8 Å². The molecule has 6 aliphatic carbocycles. The summed E-state index contributed by atoms with van der Waals surface area (Å²) in [5, 5.41) is 24.9. The summed E-state index contributed by atoms with van der Waals surface area (Å²) in [6.07, 6.45) is 1.80. The van der Waals surface area contributed by atoms with Gasteiger partial charge >= 0.3 is 0 Å². The van der Waals surface area contributed by atoms with Gasteiger partial charge in [-0.15, -0.1) is 0 Å². The van der Waals surface area contributed by atoms with Crippen LogP contribution in [0.15, 0.2) is 30.7 Å². The van der Waals surface area contributed by atoms with Gasteiger partial charge in [0.2, 0.25) is 0 Å². The maximum atomic E-state index is 10.4. The Morgan fingerprint density at radius 2 is 0.679 bits per heavy atom. The fourth-order valence-corrected chi connectivity index (χ4v) is 15.1. The molecule has 20 atom stereocenters. The molecule has 6 saturated carbocycles. The first-order chi connectivity index (χ1) is 39.7. The first kappa shape index (κ1) is 56.8. The minimum Gasteiger partial charge on any atom is -0.349 e. The summed E-state index contributed by atoms with van der Waals surface area (Å²) in [7, 11) is 0. The van der Waals surface area contributed by atoms with Crippen molar-refractivity contribution in [1.29, 1.82) is 0 Å². The summed E-state index contributed by atoms with van der Waals surface area (Å²) in [4.78, 5) is 19.1. The first-order valence-corrected chi connectivity index (χ1v) is 29.1. The normalized spacial score (nSPS) is 43.3. The van der Waals surface area contributed by atoms with Crippen LogP contribution in [0.5, 0.6) is 0 Å². The van der Waals surface area contributed by atoms with Crippen molar-refractivity contribution >= 4 is 0 Å². The smallest absolute Gasteiger partial charge is 0.169 e. The molecule has 12 aliphatic rings. The van der Waals surface area contributed by atoms with Crippen LogP contribution in [0.2, 0.25) is 0 Å². The molecule has 0 N–H and O–H groups in total. The Morgan fingerprint density at radius 3 is 1.04 bits per heavy atom. The Hall–Kier alpha value is -4.70. The lowest BCUT2D eigenvalue weighted by atomic mass is 9.84. The van der Waals surface area contributed by atoms with Gasteiger partial charge in [0.15, 0.2) is 35.7 Å². The minimum absolute atomic E-state index is 0.0589. The van der Waals surface area contributed by atoms with Crippen LogP contribution in [0.4, 0.5) is 0 Å². The van der Waals surface area contributed by atoms with Crippen LogP contribution in [0.3, 0.4) is 0 Å². The van der Waals surface area contributed by atoms with E-state index >= 15 is 0 Å². The lowest BCUT2D eigenvalue weighted by molar-refractivity contribution is -0.403. The second-order valence-electron chi connectivity index (χ2n) is 23.6. The molecule has 0 aromatic heterocycles. The van der Waals surface area contributed by atoms with E-state index in [-0.39, 0.29) is 26.1 Å². The molecule has 32 nitrogen and oxygen atoms in total. The summed E-state index contributed by atoms with van der Waals surface area (Å²) in [6, 6.07) is -5.95. The molecule has 440 valence electrons. The van der Waals surface area contributed by atoms with Gasteiger partial charge in [-0.1, -0.05) is 56.4 Å². The van der Waals surface area contributed by atoms with E-state index in [0.717, 1.165) is 77.0 Å². The van der Waals surface area contributed by atoms with E-state index in [1.807, 2.05) is 0 Å². The van der Waals surface area contributed by atoms with Crippen molar-refractivity contribution in [2.24, 2.45) is 30.7 Å². The standard InChI is InChI=1S/C49H70N18O14/c50-62-56-26-21-28(58-64-52)36-42(80-48(76-36)17-9-3-10-18-48)34(26)74-44-32(60-66-54)40(38-30(72-44)23-70-46(78-38)13-5-1-6-14-46)68-25-69-41-33(61-67-55)45(73-31-24-71-47(79-39(31)41)15-7-2-8-16-47)75-35-27(57-63-51)22-29(59-65-53)37-43(35)81-49(77-37)19-11-4-12-20-49/h26-45H,1-25H2/t26?,27?,28-,29-,30?,31?,32+,33?,34-,35-,36?,37-,38-,39-,40?,41-,42+,43?,44-,45-/m1/s1. The topological polar surface area (TPSA) is 422 Å². The van der Waals surface area contributed by atoms with Crippen molar-refractivity contribution in [3.05, 3.63) is 62.7 Å². The molecular weight excluding hydrogens is 1060 g/mol. The Kier molecular flexibility index (Phi) is 17.2. The van der Waals surface area contributed by atoms with Crippen molar-refractivity contribution in [3.8, 4) is 0 Å². The molecule has 0 aromatic rings. The van der Waals surface area contributed by atoms with Gasteiger partial charge in [-0.3, -0.25) is 0 Å². The largest absolute Gasteiger partial charge is 0.349 e. The molecule has 0 bridgehead atoms. The van der Waals surface area contributed by atoms with Crippen molar-refractivity contribution in [2.45, 2.75) is 286 Å². The Labute approximate surface area is 465 Å². The van der Waals surface area contributed by atoms with Gasteiger partial charge in [-0.2, -0.15) is 0 Å². The van der Waals surface area contributed by atoms with Crippen LogP contribution in [0, 0.1) is 0 Å². The van der Waals surface area contributed by atoms with Gasteiger partial charge in [0.25, 0.3) is 0 Å². The summed E-state index contributed by atoms with van der Waals surface area (Å²) in [6.45, 7) is -0.414. The number of ether oxygens (including phenoxy) is 14. The second kappa shape index (κ2) is 24.5. The zero-order valence-electron chi connectivity index (χ0n) is 45.0. The summed E-state index contributed by atoms with van der Waals surface area (Å²) < 4.78 is 94.8. The number of azide groups is 6. The Morgan fingerprint density at radius 1 is 0.358 bits per heavy atom. The van der Waals surface area contributed by atoms with Gasteiger partial charge in [0.1, 0.15) is 67.7 Å². The molecule has 32 heteroatoms. The maximum absolute atomic E-state index is 10.4. The van der Waals surface area contributed by atoms with E-state index in [2.05, 4.69) is 60.2 Å². The first-order valence-electron chi connectivity index (χ1n) is 29.1. The van der Waals surface area contributed by atoms with E-state index in [0.29, 0.717) is 51.4 Å². The third-order valence-electron chi connectivity index (χ3n) is 18.9. The van der Waals surface area contributed by atoms with Gasteiger partial charge in [0, 0.05) is 80.8 Å². The van der Waals surface area contributed by atoms with E-state index < -0.39 is 152 Å². The highest BCUT2D eigenvalue weighted by Gasteiger charge is 2.63. The number of hydrogen-bond acceptors (Lipinski definition) is 20. The number of hydrogen-bond donors (Lipinski definition) is 0. The molecule has 81 heavy (non-hydrogen) atoms. The zero-order chi connectivity index (χ0) is 55.6. The molecule has 12 rings (SSSR count). The van der Waals surface area contributed by atoms with Gasteiger partial charge < -0.3 is 66.3 Å². The molecule has 4 spiro atoms. The van der Waals surface area contributed by atoms with Crippen LogP contribution >= 0.6 is 0 Å². The Balaban J connectivity index is 0.856. The average molecular weight is 1140 g/mol. The van der Waals surface area contributed by atoms with Crippen LogP contribution in [-0.2, 0) is 66.3 Å². The van der Waals surface area contributed by atoms with E-state index in [4.69, 9.17) is 66.3 Å². The zero-order valence-corrected chi connectivity index (χ0v) is 45.0. The second-order valence-corrected chi connectivity index (χ2v) is 23.6. The highest BCUT2D eigenvalue weighted by atomic mass is 16.8. The lowest BCUT2D eigenvalue weighted by Gasteiger charge is -2.54. The molecule has 8 unspecified atom stereocenters. The third-order valence-corrected chi connectivity index (χ3v) is 18.9.